The number of fused-ring (bicyclic) bond motifs is 4. The number of hydrogen-bond acceptors (Lipinski definition) is 11. The first kappa shape index (κ1) is 48.5. The number of amides is 3. The van der Waals surface area contributed by atoms with Crippen LogP contribution in [0.5, 0.6) is 11.5 Å². The van der Waals surface area contributed by atoms with Crippen LogP contribution < -0.4 is 20.5 Å². The van der Waals surface area contributed by atoms with Crippen molar-refractivity contribution in [1.29, 1.82) is 0 Å². The first-order valence-corrected chi connectivity index (χ1v) is 24.4. The van der Waals surface area contributed by atoms with Crippen molar-refractivity contribution in [3.63, 3.8) is 0 Å². The smallest absolute Gasteiger partial charge is 0.407 e. The van der Waals surface area contributed by atoms with Gasteiger partial charge in [-0.3, -0.25) is 19.6 Å². The minimum atomic E-state index is -0.580. The van der Waals surface area contributed by atoms with Crippen molar-refractivity contribution >= 4 is 62.0 Å². The largest absolute Gasteiger partial charge is 0.494 e. The van der Waals surface area contributed by atoms with Gasteiger partial charge in [0.1, 0.15) is 28.1 Å². The van der Waals surface area contributed by atoms with Crippen molar-refractivity contribution in [2.75, 3.05) is 40.4 Å². The Kier molecular flexibility index (Phi) is 13.5. The molecule has 0 saturated carbocycles. The molecular weight excluding hydrogens is 901 g/mol. The number of carbonyl (C=O) groups is 3. The number of rotatable bonds is 9. The fourth-order valence-corrected chi connectivity index (χ4v) is 10.2. The average molecular weight is 965 g/mol. The molecule has 10 rings (SSSR count). The number of hydrogen-bond donors (Lipinski definition) is 2. The number of alkyl carbamates (subject to hydrolysis) is 1. The van der Waals surface area contributed by atoms with Crippen LogP contribution in [-0.4, -0.2) is 124 Å². The zero-order chi connectivity index (χ0) is 50.3. The zero-order valence-electron chi connectivity index (χ0n) is 42.2. The van der Waals surface area contributed by atoms with Gasteiger partial charge in [0, 0.05) is 89.0 Å². The predicted molar refractivity (Wildman–Crippen MR) is 275 cm³/mol. The Labute approximate surface area is 412 Å². The lowest BCUT2D eigenvalue weighted by Crippen LogP contribution is -2.50. The number of nitrogens with zero attached hydrogens (tertiary/aromatic N) is 10. The second-order valence-electron chi connectivity index (χ2n) is 19.3. The van der Waals surface area contributed by atoms with Crippen LogP contribution in [0.15, 0.2) is 73.1 Å². The van der Waals surface area contributed by atoms with Crippen LogP contribution in [0, 0.1) is 0 Å². The summed E-state index contributed by atoms with van der Waals surface area (Å²) < 4.78 is 25.3. The molecule has 3 amide bonds. The minimum Gasteiger partial charge on any atom is -0.494 e. The van der Waals surface area contributed by atoms with E-state index in [-0.39, 0.29) is 23.9 Å². The highest BCUT2D eigenvalue weighted by atomic mass is 16.6. The lowest BCUT2D eigenvalue weighted by atomic mass is 10.0. The first-order valence-electron chi connectivity index (χ1n) is 24.4. The summed E-state index contributed by atoms with van der Waals surface area (Å²) >= 11 is 0. The molecule has 2 aliphatic heterocycles. The average Bonchev–Trinajstić information content (AvgIpc) is 4.12. The molecule has 71 heavy (non-hydrogen) atoms. The van der Waals surface area contributed by atoms with E-state index in [0.29, 0.717) is 47.8 Å². The quantitative estimate of drug-likeness (QED) is 0.143. The summed E-state index contributed by atoms with van der Waals surface area (Å²) in [6.45, 7) is 13.6. The number of carbonyl (C=O) groups excluding carboxylic acids is 3. The lowest BCUT2D eigenvalue weighted by Gasteiger charge is -2.33. The van der Waals surface area contributed by atoms with Crippen molar-refractivity contribution < 1.29 is 28.6 Å². The van der Waals surface area contributed by atoms with Gasteiger partial charge in [-0.25, -0.2) is 14.8 Å². The van der Waals surface area contributed by atoms with E-state index in [1.165, 1.54) is 0 Å². The van der Waals surface area contributed by atoms with E-state index >= 15 is 0 Å². The number of nitrogens with two attached hydrogens (primary N) is 1. The monoisotopic (exact) mass is 965 g/mol. The second-order valence-corrected chi connectivity index (χ2v) is 19.3. The summed E-state index contributed by atoms with van der Waals surface area (Å²) in [7, 11) is 7.16. The van der Waals surface area contributed by atoms with Gasteiger partial charge in [0.05, 0.1) is 58.7 Å². The Hall–Kier alpha value is -7.47. The lowest BCUT2D eigenvalue weighted by molar-refractivity contribution is 0.0452. The third-order valence-corrected chi connectivity index (χ3v) is 13.4. The van der Waals surface area contributed by atoms with Gasteiger partial charge in [0.15, 0.2) is 11.6 Å². The van der Waals surface area contributed by atoms with Gasteiger partial charge in [-0.1, -0.05) is 0 Å². The molecule has 3 N–H and O–H groups in total. The van der Waals surface area contributed by atoms with Gasteiger partial charge in [-0.15, -0.1) is 0 Å². The topological polar surface area (TPSA) is 195 Å². The Bertz CT molecular complexity index is 3300. The van der Waals surface area contributed by atoms with E-state index in [9.17, 15) is 14.4 Å². The summed E-state index contributed by atoms with van der Waals surface area (Å²) in [5.41, 5.74) is 15.6. The normalized spacial score (nSPS) is 16.4. The summed E-state index contributed by atoms with van der Waals surface area (Å²) in [6.07, 6.45) is 6.58. The van der Waals surface area contributed by atoms with Crippen molar-refractivity contribution in [3.05, 3.63) is 84.2 Å². The highest BCUT2D eigenvalue weighted by molar-refractivity contribution is 6.01. The molecule has 0 unspecified atom stereocenters. The van der Waals surface area contributed by atoms with Gasteiger partial charge in [-0.2, -0.15) is 0 Å². The van der Waals surface area contributed by atoms with Crippen molar-refractivity contribution in [3.8, 4) is 34.5 Å². The van der Waals surface area contributed by atoms with E-state index in [0.717, 1.165) is 107 Å². The summed E-state index contributed by atoms with van der Waals surface area (Å²) in [5, 5.41) is 2.91. The number of methoxy groups -OCH3 is 2. The van der Waals surface area contributed by atoms with E-state index in [1.807, 2.05) is 85.3 Å². The first-order chi connectivity index (χ1) is 34.1. The number of nitrogens with one attached hydrogen (secondary N) is 1. The number of likely N-dealkylation sites (tertiary alicyclic amines) is 2. The molecule has 0 aliphatic carbocycles. The summed E-state index contributed by atoms with van der Waals surface area (Å²) in [4.78, 5) is 61.7. The van der Waals surface area contributed by atoms with Crippen molar-refractivity contribution in [2.24, 2.45) is 19.8 Å². The van der Waals surface area contributed by atoms with Gasteiger partial charge in [0.2, 0.25) is 0 Å². The molecule has 6 aromatic heterocycles. The third-order valence-electron chi connectivity index (χ3n) is 13.4. The van der Waals surface area contributed by atoms with E-state index in [4.69, 9.17) is 29.9 Å². The summed E-state index contributed by atoms with van der Waals surface area (Å²) in [6, 6.07) is 19.2. The molecular formula is C53H64N12O6. The molecule has 2 atom stereocenters. The van der Waals surface area contributed by atoms with Crippen LogP contribution in [0.2, 0.25) is 0 Å². The third kappa shape index (κ3) is 9.47. The number of piperidine rings is 2. The van der Waals surface area contributed by atoms with Crippen LogP contribution >= 0.6 is 0 Å². The number of benzene rings is 2. The van der Waals surface area contributed by atoms with Crippen LogP contribution in [-0.2, 0) is 31.9 Å². The Balaban J connectivity index is 0.000000179. The van der Waals surface area contributed by atoms with Gasteiger partial charge >= 0.3 is 6.09 Å². The molecule has 8 aromatic rings. The zero-order valence-corrected chi connectivity index (χ0v) is 42.2. The number of aryl methyl sites for hydroxylation is 4. The van der Waals surface area contributed by atoms with E-state index in [1.54, 1.807) is 37.6 Å². The molecule has 2 fully saturated rings. The number of ether oxygens (including phenoxy) is 3. The standard InChI is InChI=1S/C29H36N6O4.C24H28N6O2/c1-7-35-22-11-8-12-30-20(22)16-23(35)26-32-21-14-18(15-24(38-6)25(21)33(26)5)27(36)34-13-9-10-19(17-34)31-28(37)39-29(2,3)4;1-4-30-19-8-5-9-26-17(19)13-20(30)23-27-18-11-15(12-21(32-3)22(18)28(23)2)24(31)29-10-6-7-16(25)14-29/h8,11-12,14-16,19H,7,9-10,13,17H2,1-6H3,(H,31,37);5,8-9,11-13,16H,4,6-7,10,14,25H2,1-3H3/t19-;16-/m11/s1. The molecule has 372 valence electrons. The van der Waals surface area contributed by atoms with Gasteiger partial charge in [-0.05, 0) is 121 Å². The van der Waals surface area contributed by atoms with Gasteiger partial charge < -0.3 is 53.3 Å². The van der Waals surface area contributed by atoms with Crippen LogP contribution in [0.4, 0.5) is 4.79 Å². The SMILES string of the molecule is CCn1c(-c2nc3cc(C(=O)N4CCC[C@@H](N)C4)cc(OC)c3n2C)cc2ncccc21.CCn1c(-c2nc3cc(C(=O)N4CCC[C@@H](NC(=O)OC(C)(C)C)C4)cc(OC)c3n2C)cc2ncccc21. The fraction of sp³-hybridized carbons (Fsp3) is 0.415. The van der Waals surface area contributed by atoms with Crippen molar-refractivity contribution in [1.82, 2.24) is 53.3 Å². The molecule has 8 heterocycles. The fourth-order valence-electron chi connectivity index (χ4n) is 10.2. The second kappa shape index (κ2) is 19.7. The highest BCUT2D eigenvalue weighted by Gasteiger charge is 2.30. The van der Waals surface area contributed by atoms with E-state index in [2.05, 4.69) is 56.5 Å². The maximum absolute atomic E-state index is 13.6. The number of aromatic nitrogens is 8. The van der Waals surface area contributed by atoms with Crippen LogP contribution in [0.3, 0.4) is 0 Å². The summed E-state index contributed by atoms with van der Waals surface area (Å²) in [5.74, 6) is 2.64. The maximum Gasteiger partial charge on any atom is 0.407 e. The van der Waals surface area contributed by atoms with Crippen LogP contribution in [0.25, 0.3) is 67.2 Å². The number of imidazole rings is 2. The van der Waals surface area contributed by atoms with Crippen molar-refractivity contribution in [2.45, 2.75) is 91.1 Å². The molecule has 2 aromatic carbocycles. The Morgan fingerprint density at radius 3 is 1.62 bits per heavy atom. The molecule has 18 nitrogen and oxygen atoms in total. The molecule has 18 heteroatoms. The molecule has 0 bridgehead atoms. The van der Waals surface area contributed by atoms with Crippen LogP contribution in [0.1, 0.15) is 81.0 Å². The Morgan fingerprint density at radius 1 is 0.690 bits per heavy atom. The number of pyridine rings is 2. The molecule has 0 radical (unpaired) electrons. The molecule has 2 saturated heterocycles. The highest BCUT2D eigenvalue weighted by Crippen LogP contribution is 2.36. The Morgan fingerprint density at radius 2 is 1.17 bits per heavy atom. The predicted octanol–water partition coefficient (Wildman–Crippen LogP) is 7.93. The van der Waals surface area contributed by atoms with Gasteiger partial charge in [0.25, 0.3) is 11.8 Å². The minimum absolute atomic E-state index is 0.0283. The molecule has 2 aliphatic rings. The maximum atomic E-state index is 13.6. The molecule has 0 spiro atoms. The van der Waals surface area contributed by atoms with E-state index < -0.39 is 11.7 Å².